The van der Waals surface area contributed by atoms with Crippen LogP contribution < -0.4 is 5.32 Å². The first-order valence-electron chi connectivity index (χ1n) is 6.84. The van der Waals surface area contributed by atoms with E-state index < -0.39 is 0 Å². The second kappa shape index (κ2) is 7.19. The molecule has 2 aromatic rings. The van der Waals surface area contributed by atoms with E-state index in [4.69, 9.17) is 0 Å². The molecule has 0 bridgehead atoms. The van der Waals surface area contributed by atoms with Gasteiger partial charge in [0, 0.05) is 31.1 Å². The summed E-state index contributed by atoms with van der Waals surface area (Å²) in [7, 11) is 1.72. The summed E-state index contributed by atoms with van der Waals surface area (Å²) in [5.41, 5.74) is 1.68. The van der Waals surface area contributed by atoms with Crippen molar-refractivity contribution in [3.63, 3.8) is 0 Å². The van der Waals surface area contributed by atoms with Crippen molar-refractivity contribution < 1.29 is 4.92 Å². The lowest BCUT2D eigenvalue weighted by atomic mass is 10.1. The molecule has 0 radical (unpaired) electrons. The topological polar surface area (TPSA) is 58.4 Å². The first kappa shape index (κ1) is 15.5. The van der Waals surface area contributed by atoms with Crippen molar-refractivity contribution in [2.75, 3.05) is 18.9 Å². The van der Waals surface area contributed by atoms with E-state index in [9.17, 15) is 10.1 Å². The van der Waals surface area contributed by atoms with Gasteiger partial charge in [-0.3, -0.25) is 15.0 Å². The summed E-state index contributed by atoms with van der Waals surface area (Å²) >= 11 is 1.73. The summed E-state index contributed by atoms with van der Waals surface area (Å²) in [5, 5.41) is 16.1. The number of nitrogens with one attached hydrogen (secondary N) is 1. The molecule has 0 unspecified atom stereocenters. The van der Waals surface area contributed by atoms with Crippen molar-refractivity contribution in [1.29, 1.82) is 0 Å². The molecule has 0 atom stereocenters. The van der Waals surface area contributed by atoms with Crippen LogP contribution >= 0.6 is 11.3 Å². The maximum Gasteiger partial charge on any atom is 0.292 e. The van der Waals surface area contributed by atoms with E-state index >= 15 is 0 Å². The fourth-order valence-electron chi connectivity index (χ4n) is 2.30. The summed E-state index contributed by atoms with van der Waals surface area (Å²) in [4.78, 5) is 14.3. The van der Waals surface area contributed by atoms with Crippen molar-refractivity contribution in [3.8, 4) is 0 Å². The van der Waals surface area contributed by atoms with Crippen LogP contribution in [-0.4, -0.2) is 23.4 Å². The largest absolute Gasteiger partial charge is 0.382 e. The Kier molecular flexibility index (Phi) is 5.30. The zero-order valence-corrected chi connectivity index (χ0v) is 13.0. The Hall–Kier alpha value is -1.92. The Morgan fingerprint density at radius 1 is 1.29 bits per heavy atom. The first-order chi connectivity index (χ1) is 10.2. The summed E-state index contributed by atoms with van der Waals surface area (Å²) < 4.78 is 0. The quantitative estimate of drug-likeness (QED) is 0.625. The zero-order chi connectivity index (χ0) is 15.2. The number of hydrogen-bond acceptors (Lipinski definition) is 5. The lowest BCUT2D eigenvalue weighted by Crippen LogP contribution is -2.22. The summed E-state index contributed by atoms with van der Waals surface area (Å²) in [6.45, 7) is 4.54. The second-order valence-corrected chi connectivity index (χ2v) is 5.73. The van der Waals surface area contributed by atoms with Crippen molar-refractivity contribution in [1.82, 2.24) is 4.90 Å². The summed E-state index contributed by atoms with van der Waals surface area (Å²) in [5.74, 6) is 0. The van der Waals surface area contributed by atoms with E-state index in [0.717, 1.165) is 18.7 Å². The van der Waals surface area contributed by atoms with Crippen LogP contribution in [0.2, 0.25) is 0 Å². The van der Waals surface area contributed by atoms with Gasteiger partial charge in [0.05, 0.1) is 4.92 Å². The Labute approximate surface area is 128 Å². The Morgan fingerprint density at radius 3 is 2.67 bits per heavy atom. The van der Waals surface area contributed by atoms with E-state index in [-0.39, 0.29) is 10.6 Å². The standard InChI is InChI=1S/C15H19N3O2S/c1-3-17(11-13-7-5-9-21-13)10-12-6-4-8-14(18(19)20)15(12)16-2/h4-9,16H,3,10-11H2,1-2H3. The van der Waals surface area contributed by atoms with Gasteiger partial charge in [-0.15, -0.1) is 11.3 Å². The number of para-hydroxylation sites is 1. The molecular formula is C15H19N3O2S. The van der Waals surface area contributed by atoms with Crippen LogP contribution in [0.4, 0.5) is 11.4 Å². The maximum atomic E-state index is 11.1. The van der Waals surface area contributed by atoms with Gasteiger partial charge in [0.15, 0.2) is 0 Å². The molecule has 0 saturated heterocycles. The minimum absolute atomic E-state index is 0.127. The molecule has 0 amide bonds. The van der Waals surface area contributed by atoms with Crippen LogP contribution in [0.25, 0.3) is 0 Å². The molecule has 0 aliphatic heterocycles. The van der Waals surface area contributed by atoms with Crippen LogP contribution in [0.1, 0.15) is 17.4 Å². The van der Waals surface area contributed by atoms with Crippen LogP contribution in [0.15, 0.2) is 35.7 Å². The molecule has 0 aliphatic carbocycles. The van der Waals surface area contributed by atoms with Crippen molar-refractivity contribution >= 4 is 22.7 Å². The molecule has 21 heavy (non-hydrogen) atoms. The average molecular weight is 305 g/mol. The fourth-order valence-corrected chi connectivity index (χ4v) is 3.05. The third-order valence-corrected chi connectivity index (χ3v) is 4.24. The lowest BCUT2D eigenvalue weighted by Gasteiger charge is -2.21. The fraction of sp³-hybridized carbons (Fsp3) is 0.333. The van der Waals surface area contributed by atoms with E-state index in [2.05, 4.69) is 28.6 Å². The number of nitro groups is 1. The third kappa shape index (κ3) is 3.80. The smallest absolute Gasteiger partial charge is 0.292 e. The number of hydrogen-bond donors (Lipinski definition) is 1. The Balaban J connectivity index is 2.20. The predicted molar refractivity (Wildman–Crippen MR) is 86.8 cm³/mol. The van der Waals surface area contributed by atoms with Crippen molar-refractivity contribution in [3.05, 3.63) is 56.3 Å². The van der Waals surface area contributed by atoms with Gasteiger partial charge in [-0.25, -0.2) is 0 Å². The number of nitro benzene ring substituents is 1. The van der Waals surface area contributed by atoms with Crippen LogP contribution in [0.3, 0.4) is 0 Å². The highest BCUT2D eigenvalue weighted by Crippen LogP contribution is 2.29. The zero-order valence-electron chi connectivity index (χ0n) is 12.2. The van der Waals surface area contributed by atoms with Crippen LogP contribution in [0.5, 0.6) is 0 Å². The molecular weight excluding hydrogens is 286 g/mol. The minimum Gasteiger partial charge on any atom is -0.382 e. The Morgan fingerprint density at radius 2 is 2.10 bits per heavy atom. The van der Waals surface area contributed by atoms with Gasteiger partial charge in [-0.05, 0) is 23.6 Å². The number of thiophene rings is 1. The first-order valence-corrected chi connectivity index (χ1v) is 7.72. The monoisotopic (exact) mass is 305 g/mol. The van der Waals surface area contributed by atoms with E-state index in [0.29, 0.717) is 12.2 Å². The van der Waals surface area contributed by atoms with Crippen LogP contribution in [0, 0.1) is 10.1 Å². The molecule has 6 heteroatoms. The molecule has 0 aliphatic rings. The minimum atomic E-state index is -0.342. The lowest BCUT2D eigenvalue weighted by molar-refractivity contribution is -0.384. The van der Waals surface area contributed by atoms with Gasteiger partial charge in [0.1, 0.15) is 5.69 Å². The third-order valence-electron chi connectivity index (χ3n) is 3.38. The number of anilines is 1. The molecule has 5 nitrogen and oxygen atoms in total. The predicted octanol–water partition coefficient (Wildman–Crippen LogP) is 3.72. The van der Waals surface area contributed by atoms with Crippen molar-refractivity contribution in [2.45, 2.75) is 20.0 Å². The summed E-state index contributed by atoms with van der Waals surface area (Å²) in [6.07, 6.45) is 0. The molecule has 0 spiro atoms. The normalized spacial score (nSPS) is 10.8. The van der Waals surface area contributed by atoms with Gasteiger partial charge in [-0.2, -0.15) is 0 Å². The van der Waals surface area contributed by atoms with E-state index in [1.54, 1.807) is 24.5 Å². The molecule has 1 N–H and O–H groups in total. The summed E-state index contributed by atoms with van der Waals surface area (Å²) in [6, 6.07) is 9.37. The molecule has 112 valence electrons. The number of benzene rings is 1. The molecule has 1 heterocycles. The molecule has 1 aromatic carbocycles. The van der Waals surface area contributed by atoms with Gasteiger partial charge >= 0.3 is 0 Å². The van der Waals surface area contributed by atoms with Crippen LogP contribution in [-0.2, 0) is 13.1 Å². The molecule has 1 aromatic heterocycles. The number of nitrogens with zero attached hydrogens (tertiary/aromatic N) is 2. The van der Waals surface area contributed by atoms with Gasteiger partial charge in [-0.1, -0.05) is 25.1 Å². The van der Waals surface area contributed by atoms with E-state index in [1.165, 1.54) is 10.9 Å². The molecule has 0 saturated carbocycles. The van der Waals surface area contributed by atoms with Gasteiger partial charge in [0.25, 0.3) is 5.69 Å². The molecule has 0 fully saturated rings. The maximum absolute atomic E-state index is 11.1. The second-order valence-electron chi connectivity index (χ2n) is 4.70. The Bertz CT molecular complexity index is 599. The molecule has 2 rings (SSSR count). The van der Waals surface area contributed by atoms with Crippen molar-refractivity contribution in [2.24, 2.45) is 0 Å². The highest BCUT2D eigenvalue weighted by atomic mass is 32.1. The van der Waals surface area contributed by atoms with Gasteiger partial charge < -0.3 is 5.32 Å². The highest BCUT2D eigenvalue weighted by Gasteiger charge is 2.17. The number of rotatable bonds is 7. The van der Waals surface area contributed by atoms with Gasteiger partial charge in [0.2, 0.25) is 0 Å². The average Bonchev–Trinajstić information content (AvgIpc) is 2.99. The highest BCUT2D eigenvalue weighted by molar-refractivity contribution is 7.09. The SMILES string of the molecule is CCN(Cc1cccs1)Cc1cccc([N+](=O)[O-])c1NC. The van der Waals surface area contributed by atoms with E-state index in [1.807, 2.05) is 12.1 Å².